The molecule has 0 bridgehead atoms. The van der Waals surface area contributed by atoms with Gasteiger partial charge in [0.15, 0.2) is 0 Å². The first-order valence-corrected chi connectivity index (χ1v) is 12.3. The Morgan fingerprint density at radius 1 is 0.857 bits per heavy atom. The first-order chi connectivity index (χ1) is 17.3. The van der Waals surface area contributed by atoms with Gasteiger partial charge < -0.3 is 15.1 Å². The summed E-state index contributed by atoms with van der Waals surface area (Å²) in [6.07, 6.45) is 6.79. The zero-order chi connectivity index (χ0) is 23.5. The van der Waals surface area contributed by atoms with Crippen molar-refractivity contribution in [2.75, 3.05) is 31.1 Å². The first-order valence-electron chi connectivity index (χ1n) is 12.3. The Balaban J connectivity index is 1.30. The monoisotopic (exact) mass is 459 g/mol. The molecular weight excluding hydrogens is 430 g/mol. The van der Waals surface area contributed by atoms with Crippen molar-refractivity contribution >= 4 is 28.0 Å². The average molecular weight is 460 g/mol. The summed E-state index contributed by atoms with van der Waals surface area (Å²) in [5, 5.41) is 6.18. The molecule has 3 aromatic carbocycles. The highest BCUT2D eigenvalue weighted by atomic mass is 15.3. The summed E-state index contributed by atoms with van der Waals surface area (Å²) < 4.78 is 0. The topological polar surface area (TPSA) is 43.8 Å². The number of hydrogen-bond acceptors (Lipinski definition) is 5. The third-order valence-electron chi connectivity index (χ3n) is 6.89. The fourth-order valence-corrected chi connectivity index (χ4v) is 5.08. The van der Waals surface area contributed by atoms with Gasteiger partial charge in [-0.3, -0.25) is 4.98 Å². The van der Waals surface area contributed by atoms with Crippen LogP contribution in [-0.4, -0.2) is 47.9 Å². The number of aromatic nitrogens is 1. The smallest absolute Gasteiger partial charge is 0.124 e. The zero-order valence-electron chi connectivity index (χ0n) is 19.7. The summed E-state index contributed by atoms with van der Waals surface area (Å²) in [7, 11) is 0. The van der Waals surface area contributed by atoms with E-state index >= 15 is 0 Å². The molecule has 0 aliphatic carbocycles. The SMILES string of the molecule is C1=C(c2ccc3ccccc3c2)N(c2ccncc2)CC(N2CCN[C@@H](Cc3ccccc3)C2)=N1. The molecule has 35 heavy (non-hydrogen) atoms. The predicted molar refractivity (Wildman–Crippen MR) is 144 cm³/mol. The second-order valence-electron chi connectivity index (χ2n) is 9.20. The number of anilines is 1. The number of pyridine rings is 1. The number of fused-ring (bicyclic) bond motifs is 1. The lowest BCUT2D eigenvalue weighted by molar-refractivity contribution is 0.287. The van der Waals surface area contributed by atoms with Gasteiger partial charge >= 0.3 is 0 Å². The quantitative estimate of drug-likeness (QED) is 0.468. The van der Waals surface area contributed by atoms with E-state index in [-0.39, 0.29) is 0 Å². The Labute approximate surface area is 206 Å². The number of piperazine rings is 1. The summed E-state index contributed by atoms with van der Waals surface area (Å²) in [5.41, 5.74) is 4.78. The minimum atomic E-state index is 0.411. The Hall–Kier alpha value is -3.96. The number of hydrogen-bond donors (Lipinski definition) is 1. The van der Waals surface area contributed by atoms with Crippen LogP contribution in [0.1, 0.15) is 11.1 Å². The van der Waals surface area contributed by atoms with Crippen LogP contribution in [-0.2, 0) is 6.42 Å². The number of nitrogens with zero attached hydrogens (tertiary/aromatic N) is 4. The van der Waals surface area contributed by atoms with E-state index in [0.29, 0.717) is 6.04 Å². The molecule has 1 fully saturated rings. The molecule has 5 heteroatoms. The molecule has 0 radical (unpaired) electrons. The molecule has 1 atom stereocenters. The number of benzene rings is 3. The van der Waals surface area contributed by atoms with Gasteiger partial charge in [-0.25, -0.2) is 4.99 Å². The van der Waals surface area contributed by atoms with Gasteiger partial charge in [0, 0.05) is 49.3 Å². The van der Waals surface area contributed by atoms with Gasteiger partial charge in [0.2, 0.25) is 0 Å². The van der Waals surface area contributed by atoms with Gasteiger partial charge in [-0.15, -0.1) is 0 Å². The van der Waals surface area contributed by atoms with Crippen LogP contribution >= 0.6 is 0 Å². The van der Waals surface area contributed by atoms with Crippen molar-refractivity contribution in [3.63, 3.8) is 0 Å². The van der Waals surface area contributed by atoms with Crippen LogP contribution in [0.15, 0.2) is 109 Å². The van der Waals surface area contributed by atoms with Crippen molar-refractivity contribution in [3.8, 4) is 0 Å². The van der Waals surface area contributed by atoms with Crippen LogP contribution in [0.3, 0.4) is 0 Å². The van der Waals surface area contributed by atoms with Crippen molar-refractivity contribution in [3.05, 3.63) is 115 Å². The van der Waals surface area contributed by atoms with Crippen molar-refractivity contribution in [2.45, 2.75) is 12.5 Å². The third-order valence-corrected chi connectivity index (χ3v) is 6.89. The lowest BCUT2D eigenvalue weighted by atomic mass is 10.0. The minimum Gasteiger partial charge on any atom is -0.356 e. The number of aliphatic imine (C=N–C) groups is 1. The maximum atomic E-state index is 5.00. The molecule has 0 amide bonds. The van der Waals surface area contributed by atoms with Crippen molar-refractivity contribution < 1.29 is 0 Å². The van der Waals surface area contributed by atoms with Crippen LogP contribution in [0, 0.1) is 0 Å². The van der Waals surface area contributed by atoms with Gasteiger partial charge in [0.25, 0.3) is 0 Å². The predicted octanol–water partition coefficient (Wildman–Crippen LogP) is 4.97. The van der Waals surface area contributed by atoms with Crippen LogP contribution in [0.4, 0.5) is 5.69 Å². The molecule has 1 saturated heterocycles. The third kappa shape index (κ3) is 4.68. The fraction of sp³-hybridized carbons (Fsp3) is 0.200. The normalized spacial score (nSPS) is 18.3. The highest BCUT2D eigenvalue weighted by molar-refractivity contribution is 5.97. The van der Waals surface area contributed by atoms with E-state index in [1.54, 1.807) is 0 Å². The molecule has 6 rings (SSSR count). The summed E-state index contributed by atoms with van der Waals surface area (Å²) in [6.45, 7) is 3.62. The van der Waals surface area contributed by atoms with Gasteiger partial charge in [0.05, 0.1) is 18.4 Å². The Bertz CT molecular complexity index is 1360. The molecular formula is C30H29N5. The summed E-state index contributed by atoms with van der Waals surface area (Å²) >= 11 is 0. The molecule has 2 aliphatic rings. The Morgan fingerprint density at radius 2 is 1.66 bits per heavy atom. The maximum absolute atomic E-state index is 5.00. The van der Waals surface area contributed by atoms with E-state index in [2.05, 4.69) is 105 Å². The highest BCUT2D eigenvalue weighted by Crippen LogP contribution is 2.30. The Kier molecular flexibility index (Phi) is 5.99. The molecule has 5 nitrogen and oxygen atoms in total. The molecule has 4 aromatic rings. The molecule has 0 unspecified atom stereocenters. The summed E-state index contributed by atoms with van der Waals surface area (Å²) in [4.78, 5) is 14.1. The van der Waals surface area contributed by atoms with Crippen LogP contribution in [0.2, 0.25) is 0 Å². The van der Waals surface area contributed by atoms with E-state index in [0.717, 1.165) is 49.8 Å². The molecule has 2 aliphatic heterocycles. The van der Waals surface area contributed by atoms with E-state index in [4.69, 9.17) is 4.99 Å². The molecule has 3 heterocycles. The largest absolute Gasteiger partial charge is 0.356 e. The molecule has 174 valence electrons. The van der Waals surface area contributed by atoms with Gasteiger partial charge in [0.1, 0.15) is 5.84 Å². The lowest BCUT2D eigenvalue weighted by Crippen LogP contribution is -2.55. The van der Waals surface area contributed by atoms with Crippen molar-refractivity contribution in [1.29, 1.82) is 0 Å². The standard InChI is InChI=1S/C30H29N5/c1-2-6-23(7-3-1)18-27-21-34(17-16-32-27)30-22-35(28-12-14-31-15-13-28)29(20-33-30)26-11-10-24-8-4-5-9-25(24)19-26/h1-15,19-20,27,32H,16-18,21-22H2/t27-/m0/s1. The minimum absolute atomic E-state index is 0.411. The van der Waals surface area contributed by atoms with Crippen molar-refractivity contribution in [1.82, 2.24) is 15.2 Å². The Morgan fingerprint density at radius 3 is 2.51 bits per heavy atom. The van der Waals surface area contributed by atoms with E-state index < -0.39 is 0 Å². The van der Waals surface area contributed by atoms with Gasteiger partial charge in [-0.1, -0.05) is 66.7 Å². The molecule has 0 spiro atoms. The molecule has 0 saturated carbocycles. The van der Waals surface area contributed by atoms with E-state index in [9.17, 15) is 0 Å². The summed E-state index contributed by atoms with van der Waals surface area (Å²) in [6, 6.07) is 30.5. The number of rotatable bonds is 4. The highest BCUT2D eigenvalue weighted by Gasteiger charge is 2.27. The second kappa shape index (κ2) is 9.72. The van der Waals surface area contributed by atoms with Gasteiger partial charge in [-0.05, 0) is 41.0 Å². The zero-order valence-corrected chi connectivity index (χ0v) is 19.7. The van der Waals surface area contributed by atoms with Crippen molar-refractivity contribution in [2.24, 2.45) is 4.99 Å². The number of nitrogens with one attached hydrogen (secondary N) is 1. The van der Waals surface area contributed by atoms with Crippen LogP contribution in [0.25, 0.3) is 16.5 Å². The van der Waals surface area contributed by atoms with Gasteiger partial charge in [-0.2, -0.15) is 0 Å². The fourth-order valence-electron chi connectivity index (χ4n) is 5.08. The number of amidine groups is 1. The van der Waals surface area contributed by atoms with Crippen LogP contribution < -0.4 is 10.2 Å². The van der Waals surface area contributed by atoms with E-state index in [1.807, 2.05) is 18.6 Å². The average Bonchev–Trinajstić information content (AvgIpc) is 2.94. The van der Waals surface area contributed by atoms with E-state index in [1.165, 1.54) is 21.9 Å². The first kappa shape index (κ1) is 21.6. The molecule has 1 aromatic heterocycles. The molecule has 1 N–H and O–H groups in total. The summed E-state index contributed by atoms with van der Waals surface area (Å²) in [5.74, 6) is 1.12. The maximum Gasteiger partial charge on any atom is 0.124 e. The second-order valence-corrected chi connectivity index (χ2v) is 9.20. The van der Waals surface area contributed by atoms with Crippen LogP contribution in [0.5, 0.6) is 0 Å². The lowest BCUT2D eigenvalue weighted by Gasteiger charge is -2.39.